The minimum Gasteiger partial charge on any atom is -0.492 e. The molecule has 0 aliphatic heterocycles. The lowest BCUT2D eigenvalue weighted by Crippen LogP contribution is -2.15. The zero-order chi connectivity index (χ0) is 20.9. The van der Waals surface area contributed by atoms with Gasteiger partial charge in [-0.1, -0.05) is 30.0 Å². The van der Waals surface area contributed by atoms with Crippen molar-refractivity contribution in [3.63, 3.8) is 0 Å². The van der Waals surface area contributed by atoms with Gasteiger partial charge in [-0.3, -0.25) is 4.79 Å². The average Bonchev–Trinajstić information content (AvgIpc) is 3.15. The normalized spacial score (nSPS) is 11.3. The molecule has 11 heteroatoms. The molecule has 0 bridgehead atoms. The Balaban J connectivity index is 1.68. The van der Waals surface area contributed by atoms with E-state index in [0.29, 0.717) is 23.2 Å². The number of tetrazole rings is 1. The summed E-state index contributed by atoms with van der Waals surface area (Å²) in [6, 6.07) is 11.6. The monoisotopic (exact) mass is 423 g/mol. The zero-order valence-electron chi connectivity index (χ0n) is 15.2. The molecular weight excluding hydrogens is 407 g/mol. The third-order valence-electron chi connectivity index (χ3n) is 3.64. The number of thioether (sulfide) groups is 1. The minimum atomic E-state index is -4.48. The highest BCUT2D eigenvalue weighted by atomic mass is 32.2. The minimum absolute atomic E-state index is 0.0618. The van der Waals surface area contributed by atoms with Crippen LogP contribution in [0.4, 0.5) is 18.9 Å². The van der Waals surface area contributed by atoms with Crippen molar-refractivity contribution < 1.29 is 22.7 Å². The summed E-state index contributed by atoms with van der Waals surface area (Å²) >= 11 is 1.05. The molecule has 0 aliphatic rings. The molecule has 1 aromatic heterocycles. The van der Waals surface area contributed by atoms with Crippen molar-refractivity contribution in [2.24, 2.45) is 0 Å². The summed E-state index contributed by atoms with van der Waals surface area (Å²) in [6.07, 6.45) is -4.48. The molecule has 0 fully saturated rings. The van der Waals surface area contributed by atoms with E-state index in [1.54, 1.807) is 18.2 Å². The molecule has 0 aliphatic carbocycles. The Bertz CT molecular complexity index is 993. The molecule has 0 unspecified atom stereocenters. The number of anilines is 1. The van der Waals surface area contributed by atoms with Crippen LogP contribution in [0.5, 0.6) is 5.75 Å². The highest BCUT2D eigenvalue weighted by molar-refractivity contribution is 7.99. The lowest BCUT2D eigenvalue weighted by atomic mass is 10.2. The molecule has 7 nitrogen and oxygen atoms in total. The van der Waals surface area contributed by atoms with Gasteiger partial charge in [-0.05, 0) is 47.7 Å². The van der Waals surface area contributed by atoms with Crippen molar-refractivity contribution in [2.45, 2.75) is 18.3 Å². The van der Waals surface area contributed by atoms with Gasteiger partial charge in [0.15, 0.2) is 0 Å². The Morgan fingerprint density at radius 3 is 2.76 bits per heavy atom. The fourth-order valence-corrected chi connectivity index (χ4v) is 3.11. The molecular formula is C18H16F3N5O2S. The quantitative estimate of drug-likeness (QED) is 0.582. The number of hydrogen-bond acceptors (Lipinski definition) is 6. The fraction of sp³-hybridized carbons (Fsp3) is 0.222. The van der Waals surface area contributed by atoms with Crippen LogP contribution >= 0.6 is 11.8 Å². The first kappa shape index (κ1) is 20.6. The van der Waals surface area contributed by atoms with Crippen LogP contribution in [0.2, 0.25) is 0 Å². The Morgan fingerprint density at radius 1 is 1.21 bits per heavy atom. The van der Waals surface area contributed by atoms with Crippen LogP contribution in [-0.2, 0) is 11.0 Å². The molecule has 0 spiro atoms. The number of aromatic nitrogens is 4. The van der Waals surface area contributed by atoms with Gasteiger partial charge in [0.2, 0.25) is 11.1 Å². The van der Waals surface area contributed by atoms with E-state index >= 15 is 0 Å². The Kier molecular flexibility index (Phi) is 6.37. The van der Waals surface area contributed by atoms with Crippen molar-refractivity contribution in [1.29, 1.82) is 0 Å². The third kappa shape index (κ3) is 5.25. The van der Waals surface area contributed by atoms with E-state index in [4.69, 9.17) is 4.74 Å². The van der Waals surface area contributed by atoms with Crippen LogP contribution in [0.1, 0.15) is 12.5 Å². The van der Waals surface area contributed by atoms with Gasteiger partial charge in [0.25, 0.3) is 0 Å². The van der Waals surface area contributed by atoms with Crippen LogP contribution in [0.3, 0.4) is 0 Å². The predicted molar refractivity (Wildman–Crippen MR) is 101 cm³/mol. The van der Waals surface area contributed by atoms with Gasteiger partial charge in [-0.15, -0.1) is 5.10 Å². The first-order valence-electron chi connectivity index (χ1n) is 8.49. The average molecular weight is 423 g/mol. The number of hydrogen-bond donors (Lipinski definition) is 1. The first-order chi connectivity index (χ1) is 13.9. The first-order valence-corrected chi connectivity index (χ1v) is 9.47. The van der Waals surface area contributed by atoms with Crippen molar-refractivity contribution in [3.8, 4) is 11.4 Å². The lowest BCUT2D eigenvalue weighted by Gasteiger charge is -2.11. The number of rotatable bonds is 7. The number of alkyl halides is 3. The number of amides is 1. The van der Waals surface area contributed by atoms with E-state index < -0.39 is 17.6 Å². The maximum absolute atomic E-state index is 12.8. The van der Waals surface area contributed by atoms with E-state index in [1.165, 1.54) is 16.8 Å². The number of halogens is 3. The Labute approximate surface area is 168 Å². The molecule has 3 rings (SSSR count). The van der Waals surface area contributed by atoms with E-state index in [-0.39, 0.29) is 11.4 Å². The summed E-state index contributed by atoms with van der Waals surface area (Å²) in [6.45, 7) is 2.31. The van der Waals surface area contributed by atoms with Gasteiger partial charge in [0.05, 0.1) is 17.9 Å². The number of nitrogens with zero attached hydrogens (tertiary/aromatic N) is 4. The van der Waals surface area contributed by atoms with E-state index in [0.717, 1.165) is 23.9 Å². The van der Waals surface area contributed by atoms with Crippen molar-refractivity contribution >= 4 is 23.4 Å². The van der Waals surface area contributed by atoms with Gasteiger partial charge in [-0.2, -0.15) is 17.9 Å². The third-order valence-corrected chi connectivity index (χ3v) is 4.56. The van der Waals surface area contributed by atoms with E-state index in [9.17, 15) is 18.0 Å². The smallest absolute Gasteiger partial charge is 0.416 e. The second-order valence-electron chi connectivity index (χ2n) is 5.69. The van der Waals surface area contributed by atoms with Gasteiger partial charge in [-0.25, -0.2) is 0 Å². The van der Waals surface area contributed by atoms with Crippen molar-refractivity contribution in [2.75, 3.05) is 17.7 Å². The van der Waals surface area contributed by atoms with Gasteiger partial charge >= 0.3 is 6.18 Å². The van der Waals surface area contributed by atoms with E-state index in [1.807, 2.05) is 13.0 Å². The summed E-state index contributed by atoms with van der Waals surface area (Å²) in [5.74, 6) is 0.00693. The van der Waals surface area contributed by atoms with Crippen LogP contribution in [0, 0.1) is 0 Å². The van der Waals surface area contributed by atoms with Crippen LogP contribution in [-0.4, -0.2) is 38.5 Å². The fourth-order valence-electron chi connectivity index (χ4n) is 2.43. The highest BCUT2D eigenvalue weighted by Crippen LogP contribution is 2.31. The van der Waals surface area contributed by atoms with Gasteiger partial charge in [0, 0.05) is 5.69 Å². The summed E-state index contributed by atoms with van der Waals surface area (Å²) in [5, 5.41) is 14.2. The molecule has 152 valence electrons. The van der Waals surface area contributed by atoms with Gasteiger partial charge < -0.3 is 10.1 Å². The number of nitrogens with one attached hydrogen (secondary N) is 1. The van der Waals surface area contributed by atoms with Crippen LogP contribution in [0.15, 0.2) is 53.7 Å². The number of benzene rings is 2. The van der Waals surface area contributed by atoms with Crippen molar-refractivity contribution in [1.82, 2.24) is 20.2 Å². The second-order valence-corrected chi connectivity index (χ2v) is 6.63. The van der Waals surface area contributed by atoms with Crippen LogP contribution in [0.25, 0.3) is 5.69 Å². The molecule has 0 saturated heterocycles. The highest BCUT2D eigenvalue weighted by Gasteiger charge is 2.30. The standard InChI is InChI=1S/C18H16F3N5O2S/c1-2-28-15-9-4-3-8-14(15)26-17(23-24-25-26)29-11-16(27)22-13-7-5-6-12(10-13)18(19,20)21/h3-10H,2,11H2,1H3,(H,22,27). The number of ether oxygens (including phenoxy) is 1. The largest absolute Gasteiger partial charge is 0.492 e. The van der Waals surface area contributed by atoms with Crippen molar-refractivity contribution in [3.05, 3.63) is 54.1 Å². The Morgan fingerprint density at radius 2 is 2.00 bits per heavy atom. The molecule has 1 heterocycles. The zero-order valence-corrected chi connectivity index (χ0v) is 16.0. The molecule has 0 saturated carbocycles. The topological polar surface area (TPSA) is 81.9 Å². The lowest BCUT2D eigenvalue weighted by molar-refractivity contribution is -0.137. The van der Waals surface area contributed by atoms with E-state index in [2.05, 4.69) is 20.8 Å². The summed E-state index contributed by atoms with van der Waals surface area (Å²) in [5.41, 5.74) is -0.161. The summed E-state index contributed by atoms with van der Waals surface area (Å²) in [4.78, 5) is 12.2. The molecule has 0 atom stereocenters. The maximum Gasteiger partial charge on any atom is 0.416 e. The Hall–Kier alpha value is -3.08. The SMILES string of the molecule is CCOc1ccccc1-n1nnnc1SCC(=O)Nc1cccc(C(F)(F)F)c1. The summed E-state index contributed by atoms with van der Waals surface area (Å²) in [7, 11) is 0. The molecule has 1 amide bonds. The number of para-hydroxylation sites is 2. The number of carbonyl (C=O) groups is 1. The molecule has 1 N–H and O–H groups in total. The van der Waals surface area contributed by atoms with Gasteiger partial charge in [0.1, 0.15) is 11.4 Å². The van der Waals surface area contributed by atoms with Crippen LogP contribution < -0.4 is 10.1 Å². The second kappa shape index (κ2) is 8.95. The molecule has 3 aromatic rings. The summed E-state index contributed by atoms with van der Waals surface area (Å²) < 4.78 is 45.3. The molecule has 2 aromatic carbocycles. The molecule has 0 radical (unpaired) electrons. The number of carbonyl (C=O) groups excluding carboxylic acids is 1. The maximum atomic E-state index is 12.8. The molecule has 29 heavy (non-hydrogen) atoms. The predicted octanol–water partition coefficient (Wildman–Crippen LogP) is 3.81.